The number of benzene rings is 1. The highest BCUT2D eigenvalue weighted by Crippen LogP contribution is 2.30. The van der Waals surface area contributed by atoms with Crippen LogP contribution in [0.2, 0.25) is 0 Å². The van der Waals surface area contributed by atoms with Crippen LogP contribution in [0.1, 0.15) is 24.8 Å². The summed E-state index contributed by atoms with van der Waals surface area (Å²) in [5, 5.41) is 28.9. The molecule has 1 aliphatic heterocycles. The van der Waals surface area contributed by atoms with Crippen molar-refractivity contribution in [2.24, 2.45) is 5.92 Å². The third-order valence-corrected chi connectivity index (χ3v) is 5.05. The van der Waals surface area contributed by atoms with Gasteiger partial charge in [0, 0.05) is 36.8 Å². The quantitative estimate of drug-likeness (QED) is 0.681. The molecule has 1 heterocycles. The third kappa shape index (κ3) is 4.67. The molecule has 3 atom stereocenters. The van der Waals surface area contributed by atoms with Crippen molar-refractivity contribution >= 4 is 0 Å². The molecule has 1 aromatic rings. The van der Waals surface area contributed by atoms with Crippen LogP contribution in [-0.4, -0.2) is 64.8 Å². The van der Waals surface area contributed by atoms with Gasteiger partial charge < -0.3 is 20.1 Å². The highest BCUT2D eigenvalue weighted by atomic mass is 19.1. The number of piperidine rings is 1. The summed E-state index contributed by atoms with van der Waals surface area (Å²) < 4.78 is 33.9. The summed E-state index contributed by atoms with van der Waals surface area (Å²) in [6, 6.07) is 2.09. The second kappa shape index (κ2) is 7.95. The van der Waals surface area contributed by atoms with Gasteiger partial charge in [0.15, 0.2) is 0 Å². The Morgan fingerprint density at radius 1 is 1.12 bits per heavy atom. The lowest BCUT2D eigenvalue weighted by Gasteiger charge is -2.39. The van der Waals surface area contributed by atoms with Crippen molar-refractivity contribution in [2.75, 3.05) is 26.3 Å². The van der Waals surface area contributed by atoms with Crippen molar-refractivity contribution in [3.63, 3.8) is 0 Å². The van der Waals surface area contributed by atoms with Gasteiger partial charge in [-0.05, 0) is 31.6 Å². The van der Waals surface area contributed by atoms with Gasteiger partial charge in [0.25, 0.3) is 0 Å². The van der Waals surface area contributed by atoms with E-state index in [0.29, 0.717) is 12.5 Å². The van der Waals surface area contributed by atoms with Crippen LogP contribution in [0.5, 0.6) is 5.75 Å². The molecule has 7 heteroatoms. The van der Waals surface area contributed by atoms with Crippen LogP contribution >= 0.6 is 0 Å². The van der Waals surface area contributed by atoms with E-state index in [4.69, 9.17) is 4.74 Å². The zero-order chi connectivity index (χ0) is 18.0. The normalized spacial score (nSPS) is 27.5. The first-order chi connectivity index (χ1) is 12.0. The van der Waals surface area contributed by atoms with Crippen molar-refractivity contribution in [3.8, 4) is 5.75 Å². The highest BCUT2D eigenvalue weighted by Gasteiger charge is 2.33. The molecule has 0 spiro atoms. The van der Waals surface area contributed by atoms with E-state index in [1.54, 1.807) is 4.90 Å². The molecule has 5 nitrogen and oxygen atoms in total. The molecular weight excluding hydrogens is 332 g/mol. The minimum Gasteiger partial charge on any atom is -0.493 e. The minimum atomic E-state index is -0.921. The van der Waals surface area contributed by atoms with E-state index < -0.39 is 23.8 Å². The fourth-order valence-corrected chi connectivity index (χ4v) is 3.22. The molecule has 0 aromatic heterocycles. The number of hydrogen-bond donors (Lipinski definition) is 3. The van der Waals surface area contributed by atoms with Gasteiger partial charge in [0.1, 0.15) is 17.4 Å². The van der Waals surface area contributed by atoms with Gasteiger partial charge in [-0.1, -0.05) is 0 Å². The third-order valence-electron chi connectivity index (χ3n) is 5.05. The van der Waals surface area contributed by atoms with Gasteiger partial charge in [-0.3, -0.25) is 4.90 Å². The van der Waals surface area contributed by atoms with Gasteiger partial charge in [0.05, 0.1) is 25.4 Å². The van der Waals surface area contributed by atoms with Crippen LogP contribution in [0.15, 0.2) is 12.1 Å². The summed E-state index contributed by atoms with van der Waals surface area (Å²) in [6.45, 7) is 0.760. The Labute approximate surface area is 145 Å². The van der Waals surface area contributed by atoms with E-state index in [1.807, 2.05) is 0 Å². The molecule has 1 saturated carbocycles. The van der Waals surface area contributed by atoms with Gasteiger partial charge in [0.2, 0.25) is 0 Å². The number of β-amino-alcohol motifs (C(OH)–C–C–N with tert-alkyl or cyclic N) is 1. The number of likely N-dealkylation sites (tertiary alicyclic amines) is 1. The Morgan fingerprint density at radius 3 is 2.40 bits per heavy atom. The first-order valence-electron chi connectivity index (χ1n) is 8.79. The van der Waals surface area contributed by atoms with Crippen molar-refractivity contribution in [1.82, 2.24) is 4.90 Å². The van der Waals surface area contributed by atoms with E-state index in [0.717, 1.165) is 12.8 Å². The lowest BCUT2D eigenvalue weighted by Crippen LogP contribution is -2.54. The van der Waals surface area contributed by atoms with E-state index in [2.05, 4.69) is 0 Å². The molecule has 3 rings (SSSR count). The van der Waals surface area contributed by atoms with E-state index in [9.17, 15) is 24.1 Å². The molecule has 1 unspecified atom stereocenters. The lowest BCUT2D eigenvalue weighted by molar-refractivity contribution is -0.0704. The van der Waals surface area contributed by atoms with Gasteiger partial charge in [-0.2, -0.15) is 0 Å². The minimum absolute atomic E-state index is 0.0314. The molecule has 140 valence electrons. The Kier molecular flexibility index (Phi) is 5.89. The molecule has 1 aromatic carbocycles. The van der Waals surface area contributed by atoms with Crippen molar-refractivity contribution in [3.05, 3.63) is 29.3 Å². The first-order valence-corrected chi connectivity index (χ1v) is 8.79. The zero-order valence-electron chi connectivity index (χ0n) is 14.1. The fraction of sp³-hybridized carbons (Fsp3) is 0.667. The maximum absolute atomic E-state index is 14.2. The Balaban J connectivity index is 1.61. The summed E-state index contributed by atoms with van der Waals surface area (Å²) in [5.74, 6) is -0.592. The van der Waals surface area contributed by atoms with Gasteiger partial charge in [-0.25, -0.2) is 8.78 Å². The fourth-order valence-electron chi connectivity index (χ4n) is 3.22. The second-order valence-corrected chi connectivity index (χ2v) is 7.07. The van der Waals surface area contributed by atoms with Gasteiger partial charge >= 0.3 is 0 Å². The van der Waals surface area contributed by atoms with E-state index in [1.165, 1.54) is 12.1 Å². The number of rotatable bonds is 7. The van der Waals surface area contributed by atoms with Gasteiger partial charge in [-0.15, -0.1) is 0 Å². The predicted molar refractivity (Wildman–Crippen MR) is 87.4 cm³/mol. The van der Waals surface area contributed by atoms with Crippen LogP contribution in [0.25, 0.3) is 0 Å². The molecular formula is C18H25F2NO4. The zero-order valence-corrected chi connectivity index (χ0v) is 14.1. The number of aliphatic hydroxyl groups is 3. The molecule has 1 saturated heterocycles. The van der Waals surface area contributed by atoms with Crippen molar-refractivity contribution < 1.29 is 28.8 Å². The van der Waals surface area contributed by atoms with Crippen LogP contribution in [0.3, 0.4) is 0 Å². The molecule has 0 radical (unpaired) electrons. The van der Waals surface area contributed by atoms with E-state index >= 15 is 0 Å². The average Bonchev–Trinajstić information content (AvgIpc) is 3.39. The summed E-state index contributed by atoms with van der Waals surface area (Å²) in [5.41, 5.74) is -0.0314. The average molecular weight is 357 g/mol. The molecule has 0 bridgehead atoms. The molecule has 0 amide bonds. The van der Waals surface area contributed by atoms with Crippen LogP contribution in [0.4, 0.5) is 8.78 Å². The van der Waals surface area contributed by atoms with Crippen LogP contribution in [-0.2, 0) is 6.42 Å². The topological polar surface area (TPSA) is 73.2 Å². The largest absolute Gasteiger partial charge is 0.493 e. The smallest absolute Gasteiger partial charge is 0.133 e. The summed E-state index contributed by atoms with van der Waals surface area (Å²) in [4.78, 5) is 1.76. The van der Waals surface area contributed by atoms with Crippen molar-refractivity contribution in [1.29, 1.82) is 0 Å². The van der Waals surface area contributed by atoms with Crippen LogP contribution in [0, 0.1) is 17.6 Å². The first kappa shape index (κ1) is 18.5. The molecule has 1 aliphatic carbocycles. The van der Waals surface area contributed by atoms with Crippen LogP contribution < -0.4 is 4.74 Å². The lowest BCUT2D eigenvalue weighted by atomic mass is 9.97. The summed E-state index contributed by atoms with van der Waals surface area (Å²) in [6.07, 6.45) is 0.744. The highest BCUT2D eigenvalue weighted by molar-refractivity contribution is 5.31. The molecule has 2 aliphatic rings. The predicted octanol–water partition coefficient (Wildman–Crippen LogP) is 1.08. The summed E-state index contributed by atoms with van der Waals surface area (Å²) in [7, 11) is 0. The molecule has 3 N–H and O–H groups in total. The number of aliphatic hydroxyl groups excluding tert-OH is 3. The Hall–Kier alpha value is -1.28. The summed E-state index contributed by atoms with van der Waals surface area (Å²) >= 11 is 0. The molecule has 25 heavy (non-hydrogen) atoms. The van der Waals surface area contributed by atoms with Crippen molar-refractivity contribution in [2.45, 2.75) is 43.9 Å². The SMILES string of the molecule is OC[C@H]1CC(O)[C@@H](O)CN1CCc1c(F)cc(OCC2CC2)cc1F. The van der Waals surface area contributed by atoms with E-state index in [-0.39, 0.29) is 49.9 Å². The maximum atomic E-state index is 14.2. The standard InChI is InChI=1S/C18H25F2NO4/c19-15-6-13(25-10-11-1-2-11)7-16(20)14(15)3-4-21-8-18(24)17(23)5-12(21)9-22/h6-7,11-12,17-18,22-24H,1-5,8-10H2/t12-,17?,18+/m1/s1. The Morgan fingerprint density at radius 2 is 1.80 bits per heavy atom. The molecule has 2 fully saturated rings. The number of hydrogen-bond acceptors (Lipinski definition) is 5. The Bertz CT molecular complexity index is 573. The number of halogens is 2. The second-order valence-electron chi connectivity index (χ2n) is 7.07. The number of nitrogens with zero attached hydrogens (tertiary/aromatic N) is 1. The monoisotopic (exact) mass is 357 g/mol. The maximum Gasteiger partial charge on any atom is 0.133 e. The number of ether oxygens (including phenoxy) is 1.